The first kappa shape index (κ1) is 15.8. The Morgan fingerprint density at radius 2 is 2.05 bits per heavy atom. The van der Waals surface area contributed by atoms with Gasteiger partial charge in [-0.3, -0.25) is 4.79 Å². The minimum Gasteiger partial charge on any atom is -0.490 e. The zero-order valence-electron chi connectivity index (χ0n) is 13.4. The van der Waals surface area contributed by atoms with E-state index in [0.717, 1.165) is 12.7 Å². The van der Waals surface area contributed by atoms with Crippen LogP contribution < -0.4 is 9.47 Å². The maximum atomic E-state index is 11.3. The van der Waals surface area contributed by atoms with E-state index in [9.17, 15) is 4.79 Å². The highest BCUT2D eigenvalue weighted by atomic mass is 16.6. The van der Waals surface area contributed by atoms with Crippen LogP contribution in [0.1, 0.15) is 51.4 Å². The molecule has 116 valence electrons. The minimum absolute atomic E-state index is 0.132. The second-order valence-electron chi connectivity index (χ2n) is 6.50. The third kappa shape index (κ3) is 3.38. The van der Waals surface area contributed by atoms with Gasteiger partial charge in [0.05, 0.1) is 17.8 Å². The molecule has 0 N–H and O–H groups in total. The monoisotopic (exact) mass is 292 g/mol. The lowest BCUT2D eigenvalue weighted by Crippen LogP contribution is -2.37. The van der Waals surface area contributed by atoms with Crippen LogP contribution in [0.4, 0.5) is 0 Å². The van der Waals surface area contributed by atoms with E-state index in [2.05, 4.69) is 0 Å². The molecule has 1 aliphatic rings. The Kier molecular flexibility index (Phi) is 4.28. The number of aldehydes is 1. The van der Waals surface area contributed by atoms with Crippen molar-refractivity contribution < 1.29 is 19.0 Å². The van der Waals surface area contributed by atoms with Crippen LogP contribution in [0.3, 0.4) is 0 Å². The van der Waals surface area contributed by atoms with Gasteiger partial charge in [0, 0.05) is 6.42 Å². The Bertz CT molecular complexity index is 520. The number of carbonyl (C=O) groups excluding carboxylic acids is 1. The van der Waals surface area contributed by atoms with Crippen molar-refractivity contribution in [1.82, 2.24) is 0 Å². The first-order valence-electron chi connectivity index (χ1n) is 7.37. The molecule has 1 unspecified atom stereocenters. The van der Waals surface area contributed by atoms with Gasteiger partial charge in [-0.15, -0.1) is 0 Å². The maximum absolute atomic E-state index is 11.3. The topological polar surface area (TPSA) is 44.8 Å². The maximum Gasteiger partial charge on any atom is 0.172 e. The average Bonchev–Trinajstić information content (AvgIpc) is 2.59. The van der Waals surface area contributed by atoms with Gasteiger partial charge in [-0.1, -0.05) is 6.07 Å². The molecule has 1 heterocycles. The number of hydrogen-bond acceptors (Lipinski definition) is 4. The van der Waals surface area contributed by atoms with Crippen LogP contribution in [0.15, 0.2) is 18.2 Å². The lowest BCUT2D eigenvalue weighted by atomic mass is 9.97. The highest BCUT2D eigenvalue weighted by Crippen LogP contribution is 2.42. The molecule has 1 fully saturated rings. The van der Waals surface area contributed by atoms with Crippen molar-refractivity contribution >= 4 is 6.29 Å². The summed E-state index contributed by atoms with van der Waals surface area (Å²) in [6.45, 7) is 10.5. The highest BCUT2D eigenvalue weighted by molar-refractivity contribution is 5.81. The Hall–Kier alpha value is -1.55. The molecular weight excluding hydrogens is 268 g/mol. The van der Waals surface area contributed by atoms with E-state index < -0.39 is 5.60 Å². The molecule has 0 spiro atoms. The summed E-state index contributed by atoms with van der Waals surface area (Å²) in [6, 6.07) is 5.35. The largest absolute Gasteiger partial charge is 0.490 e. The Labute approximate surface area is 126 Å². The van der Waals surface area contributed by atoms with Crippen LogP contribution in [-0.2, 0) is 4.74 Å². The molecule has 0 radical (unpaired) electrons. The molecule has 4 heteroatoms. The van der Waals surface area contributed by atoms with E-state index in [1.54, 1.807) is 12.1 Å². The van der Waals surface area contributed by atoms with Crippen molar-refractivity contribution in [2.45, 2.75) is 58.3 Å². The van der Waals surface area contributed by atoms with Crippen LogP contribution >= 0.6 is 0 Å². The lowest BCUT2D eigenvalue weighted by Gasteiger charge is -2.28. The first-order chi connectivity index (χ1) is 9.79. The number of rotatable bonds is 5. The Balaban J connectivity index is 2.32. The van der Waals surface area contributed by atoms with Crippen LogP contribution in [0, 0.1) is 0 Å². The summed E-state index contributed by atoms with van der Waals surface area (Å²) < 4.78 is 17.8. The van der Waals surface area contributed by atoms with E-state index >= 15 is 0 Å². The second-order valence-corrected chi connectivity index (χ2v) is 6.50. The summed E-state index contributed by atoms with van der Waals surface area (Å²) in [6.07, 6.45) is 1.43. The van der Waals surface area contributed by atoms with Gasteiger partial charge in [0.15, 0.2) is 17.8 Å². The summed E-state index contributed by atoms with van der Waals surface area (Å²) in [5.41, 5.74) is -0.152. The number of para-hydroxylation sites is 1. The standard InChI is InChI=1S/C17H24O4/c1-6-19-13-9-7-8-12(11-18)15(13)20-14-10-16(2,3)21-17(14,4)5/h7-9,11,14H,6,10H2,1-5H3. The normalized spacial score (nSPS) is 22.8. The van der Waals surface area contributed by atoms with Gasteiger partial charge in [0.1, 0.15) is 11.7 Å². The summed E-state index contributed by atoms with van der Waals surface area (Å²) >= 11 is 0. The zero-order chi connectivity index (χ0) is 15.7. The number of benzene rings is 1. The summed E-state index contributed by atoms with van der Waals surface area (Å²) in [4.78, 5) is 11.3. The molecule has 21 heavy (non-hydrogen) atoms. The van der Waals surface area contributed by atoms with E-state index in [4.69, 9.17) is 14.2 Å². The second kappa shape index (κ2) is 5.68. The molecule has 0 saturated carbocycles. The first-order valence-corrected chi connectivity index (χ1v) is 7.37. The van der Waals surface area contributed by atoms with Gasteiger partial charge < -0.3 is 14.2 Å². The lowest BCUT2D eigenvalue weighted by molar-refractivity contribution is -0.0848. The predicted molar refractivity (Wildman–Crippen MR) is 81.3 cm³/mol. The SMILES string of the molecule is CCOc1cccc(C=O)c1OC1CC(C)(C)OC1(C)C. The molecule has 0 amide bonds. The molecule has 1 aromatic rings. The molecule has 1 atom stereocenters. The summed E-state index contributed by atoms with van der Waals surface area (Å²) in [5.74, 6) is 1.11. The van der Waals surface area contributed by atoms with Gasteiger partial charge in [-0.25, -0.2) is 0 Å². The van der Waals surface area contributed by atoms with Gasteiger partial charge in [0.2, 0.25) is 0 Å². The molecule has 0 bridgehead atoms. The fourth-order valence-corrected chi connectivity index (χ4v) is 2.86. The third-order valence-electron chi connectivity index (χ3n) is 3.69. The molecule has 0 aliphatic carbocycles. The van der Waals surface area contributed by atoms with Gasteiger partial charge in [0.25, 0.3) is 0 Å². The summed E-state index contributed by atoms with van der Waals surface area (Å²) in [5, 5.41) is 0. The summed E-state index contributed by atoms with van der Waals surface area (Å²) in [7, 11) is 0. The fourth-order valence-electron chi connectivity index (χ4n) is 2.86. The predicted octanol–water partition coefficient (Wildman–Crippen LogP) is 3.62. The number of hydrogen-bond donors (Lipinski definition) is 0. The van der Waals surface area contributed by atoms with E-state index in [1.165, 1.54) is 0 Å². The molecule has 0 aromatic heterocycles. The molecule has 1 aliphatic heterocycles. The van der Waals surface area contributed by atoms with Crippen LogP contribution in [0.25, 0.3) is 0 Å². The van der Waals surface area contributed by atoms with Crippen LogP contribution in [-0.4, -0.2) is 30.2 Å². The minimum atomic E-state index is -0.414. The molecular formula is C17H24O4. The van der Waals surface area contributed by atoms with Crippen molar-refractivity contribution in [3.63, 3.8) is 0 Å². The molecule has 2 rings (SSSR count). The van der Waals surface area contributed by atoms with Gasteiger partial charge >= 0.3 is 0 Å². The molecule has 1 saturated heterocycles. The van der Waals surface area contributed by atoms with Gasteiger partial charge in [-0.2, -0.15) is 0 Å². The molecule has 1 aromatic carbocycles. The quantitative estimate of drug-likeness (QED) is 0.777. The van der Waals surface area contributed by atoms with Crippen molar-refractivity contribution in [2.75, 3.05) is 6.61 Å². The number of ether oxygens (including phenoxy) is 3. The molecule has 4 nitrogen and oxygen atoms in total. The van der Waals surface area contributed by atoms with Gasteiger partial charge in [-0.05, 0) is 46.8 Å². The smallest absolute Gasteiger partial charge is 0.172 e. The third-order valence-corrected chi connectivity index (χ3v) is 3.69. The Morgan fingerprint density at radius 1 is 1.33 bits per heavy atom. The van der Waals surface area contributed by atoms with E-state index in [-0.39, 0.29) is 11.7 Å². The van der Waals surface area contributed by atoms with Crippen molar-refractivity contribution in [2.24, 2.45) is 0 Å². The fraction of sp³-hybridized carbons (Fsp3) is 0.588. The van der Waals surface area contributed by atoms with Crippen molar-refractivity contribution in [3.05, 3.63) is 23.8 Å². The van der Waals surface area contributed by atoms with Crippen molar-refractivity contribution in [3.8, 4) is 11.5 Å². The average molecular weight is 292 g/mol. The number of carbonyl (C=O) groups is 1. The van der Waals surface area contributed by atoms with Crippen molar-refractivity contribution in [1.29, 1.82) is 0 Å². The van der Waals surface area contributed by atoms with Crippen LogP contribution in [0.2, 0.25) is 0 Å². The van der Waals surface area contributed by atoms with Crippen LogP contribution in [0.5, 0.6) is 11.5 Å². The van der Waals surface area contributed by atoms with E-state index in [0.29, 0.717) is 23.7 Å². The highest BCUT2D eigenvalue weighted by Gasteiger charge is 2.47. The zero-order valence-corrected chi connectivity index (χ0v) is 13.4. The van der Waals surface area contributed by atoms with E-state index in [1.807, 2.05) is 40.7 Å². The Morgan fingerprint density at radius 3 is 2.57 bits per heavy atom.